The minimum atomic E-state index is -0.0586. The molecule has 0 unspecified atom stereocenters. The molecular weight excluding hydrogens is 312 g/mol. The van der Waals surface area contributed by atoms with E-state index in [2.05, 4.69) is 31.5 Å². The monoisotopic (exact) mass is 336 g/mol. The maximum atomic E-state index is 13.0. The van der Waals surface area contributed by atoms with E-state index in [1.54, 1.807) is 0 Å². The van der Waals surface area contributed by atoms with Gasteiger partial charge in [0.25, 0.3) is 5.91 Å². The van der Waals surface area contributed by atoms with Crippen LogP contribution in [0.5, 0.6) is 0 Å². The summed E-state index contributed by atoms with van der Waals surface area (Å²) in [5, 5.41) is 0. The van der Waals surface area contributed by atoms with Gasteiger partial charge < -0.3 is 4.90 Å². The predicted molar refractivity (Wildman–Crippen MR) is 96.8 cm³/mol. The number of carbonyl (C=O) groups excluding carboxylic acids is 1. The largest absolute Gasteiger partial charge is 0.338 e. The highest BCUT2D eigenvalue weighted by molar-refractivity contribution is 5.94. The molecule has 0 radical (unpaired) electrons. The Morgan fingerprint density at radius 1 is 1.08 bits per heavy atom. The summed E-state index contributed by atoms with van der Waals surface area (Å²) >= 11 is 0. The van der Waals surface area contributed by atoms with Crippen LogP contribution in [0, 0.1) is 11.3 Å². The smallest absolute Gasteiger partial charge is 0.253 e. The summed E-state index contributed by atoms with van der Waals surface area (Å²) < 4.78 is 0. The Bertz CT molecular complexity index is 745. The van der Waals surface area contributed by atoms with Crippen LogP contribution in [0.3, 0.4) is 0 Å². The first kappa shape index (κ1) is 16.3. The molecule has 1 amide bonds. The van der Waals surface area contributed by atoms with Crippen LogP contribution in [-0.4, -0.2) is 29.9 Å². The third kappa shape index (κ3) is 2.96. The lowest BCUT2D eigenvalue weighted by molar-refractivity contribution is 0.0120. The number of rotatable bonds is 2. The van der Waals surface area contributed by atoms with Gasteiger partial charge in [-0.3, -0.25) is 9.63 Å². The summed E-state index contributed by atoms with van der Waals surface area (Å²) in [7, 11) is 0. The second-order valence-corrected chi connectivity index (χ2v) is 7.75. The van der Waals surface area contributed by atoms with Crippen molar-refractivity contribution in [1.82, 2.24) is 10.4 Å². The van der Waals surface area contributed by atoms with E-state index in [0.29, 0.717) is 6.54 Å². The Kier molecular flexibility index (Phi) is 4.10. The standard InChI is InChI=1S/C21H24N2O2/c1-21(2)14-23(20(24)16-11-7-4-8-12-16)13-17-18(25-22-19(17)21)15-9-5-3-6-10-15/h3-12,17-19,22H,13-14H2,1-2H3/t17-,18-,19+/m0/s1. The Morgan fingerprint density at radius 2 is 1.72 bits per heavy atom. The highest BCUT2D eigenvalue weighted by atomic mass is 16.7. The summed E-state index contributed by atoms with van der Waals surface area (Å²) in [6.45, 7) is 5.84. The van der Waals surface area contributed by atoms with E-state index >= 15 is 0 Å². The first-order chi connectivity index (χ1) is 12.1. The molecule has 130 valence electrons. The number of fused-ring (bicyclic) bond motifs is 1. The van der Waals surface area contributed by atoms with Gasteiger partial charge in [0.05, 0.1) is 0 Å². The zero-order valence-electron chi connectivity index (χ0n) is 14.7. The number of amides is 1. The van der Waals surface area contributed by atoms with Gasteiger partial charge in [-0.1, -0.05) is 62.4 Å². The molecule has 0 saturated carbocycles. The topological polar surface area (TPSA) is 41.6 Å². The maximum Gasteiger partial charge on any atom is 0.253 e. The van der Waals surface area contributed by atoms with Gasteiger partial charge in [0.1, 0.15) is 6.10 Å². The molecule has 1 N–H and O–H groups in total. The molecule has 2 fully saturated rings. The molecule has 4 rings (SSSR count). The van der Waals surface area contributed by atoms with Gasteiger partial charge in [-0.2, -0.15) is 5.48 Å². The van der Waals surface area contributed by atoms with Crippen LogP contribution in [0.1, 0.15) is 35.9 Å². The van der Waals surface area contributed by atoms with E-state index < -0.39 is 0 Å². The third-order valence-corrected chi connectivity index (χ3v) is 5.45. The Labute approximate surface area is 148 Å². The molecule has 2 saturated heterocycles. The van der Waals surface area contributed by atoms with E-state index in [1.807, 2.05) is 53.4 Å². The van der Waals surface area contributed by atoms with E-state index in [4.69, 9.17) is 4.84 Å². The molecule has 2 aromatic carbocycles. The van der Waals surface area contributed by atoms with Gasteiger partial charge in [0.15, 0.2) is 0 Å². The molecule has 2 aromatic rings. The van der Waals surface area contributed by atoms with Crippen LogP contribution in [0.4, 0.5) is 0 Å². The molecule has 0 spiro atoms. The number of hydroxylamine groups is 1. The van der Waals surface area contributed by atoms with Crippen molar-refractivity contribution < 1.29 is 9.63 Å². The molecule has 0 aliphatic carbocycles. The van der Waals surface area contributed by atoms with E-state index in [-0.39, 0.29) is 29.4 Å². The lowest BCUT2D eigenvalue weighted by atomic mass is 9.71. The van der Waals surface area contributed by atoms with Crippen LogP contribution in [0.25, 0.3) is 0 Å². The van der Waals surface area contributed by atoms with Gasteiger partial charge in [-0.15, -0.1) is 0 Å². The molecule has 0 bridgehead atoms. The second kappa shape index (κ2) is 6.28. The fourth-order valence-corrected chi connectivity index (χ4v) is 4.22. The van der Waals surface area contributed by atoms with E-state index in [0.717, 1.165) is 17.7 Å². The fraction of sp³-hybridized carbons (Fsp3) is 0.381. The predicted octanol–water partition coefficient (Wildman–Crippen LogP) is 3.43. The Balaban J connectivity index is 1.62. The first-order valence-corrected chi connectivity index (χ1v) is 8.87. The summed E-state index contributed by atoms with van der Waals surface area (Å²) in [5.41, 5.74) is 5.11. The van der Waals surface area contributed by atoms with Crippen LogP contribution in [0.15, 0.2) is 60.7 Å². The average Bonchev–Trinajstić information content (AvgIpc) is 3.07. The molecular formula is C21H24N2O2. The molecule has 4 heteroatoms. The number of carbonyl (C=O) groups is 1. The van der Waals surface area contributed by atoms with Gasteiger partial charge >= 0.3 is 0 Å². The van der Waals surface area contributed by atoms with Crippen molar-refractivity contribution in [3.05, 3.63) is 71.8 Å². The third-order valence-electron chi connectivity index (χ3n) is 5.45. The second-order valence-electron chi connectivity index (χ2n) is 7.75. The summed E-state index contributed by atoms with van der Waals surface area (Å²) in [6.07, 6.45) is -0.0307. The molecule has 4 nitrogen and oxygen atoms in total. The van der Waals surface area contributed by atoms with Gasteiger partial charge in [-0.25, -0.2) is 0 Å². The van der Waals surface area contributed by atoms with Crippen LogP contribution >= 0.6 is 0 Å². The fourth-order valence-electron chi connectivity index (χ4n) is 4.22. The van der Waals surface area contributed by atoms with Gasteiger partial charge in [0, 0.05) is 36.0 Å². The number of piperidine rings is 1. The highest BCUT2D eigenvalue weighted by Gasteiger charge is 2.51. The van der Waals surface area contributed by atoms with Crippen molar-refractivity contribution in [3.8, 4) is 0 Å². The maximum absolute atomic E-state index is 13.0. The number of benzene rings is 2. The van der Waals surface area contributed by atoms with Crippen molar-refractivity contribution in [2.24, 2.45) is 11.3 Å². The SMILES string of the molecule is CC1(C)CN(C(=O)c2ccccc2)C[C@@H]2[C@H]1NO[C@H]2c1ccccc1. The Hall–Kier alpha value is -2.17. The summed E-state index contributed by atoms with van der Waals surface area (Å²) in [6, 6.07) is 20.1. The van der Waals surface area contributed by atoms with Crippen molar-refractivity contribution in [2.75, 3.05) is 13.1 Å². The van der Waals surface area contributed by atoms with E-state index in [1.165, 1.54) is 0 Å². The molecule has 2 aliphatic rings. The van der Waals surface area contributed by atoms with Gasteiger partial charge in [0.2, 0.25) is 0 Å². The number of hydrogen-bond acceptors (Lipinski definition) is 3. The summed E-state index contributed by atoms with van der Waals surface area (Å²) in [5.74, 6) is 0.338. The van der Waals surface area contributed by atoms with E-state index in [9.17, 15) is 4.79 Å². The number of hydrogen-bond donors (Lipinski definition) is 1. The quantitative estimate of drug-likeness (QED) is 0.913. The molecule has 25 heavy (non-hydrogen) atoms. The van der Waals surface area contributed by atoms with Crippen molar-refractivity contribution in [3.63, 3.8) is 0 Å². The zero-order valence-corrected chi connectivity index (χ0v) is 14.7. The van der Waals surface area contributed by atoms with Crippen LogP contribution in [0.2, 0.25) is 0 Å². The van der Waals surface area contributed by atoms with Crippen LogP contribution in [-0.2, 0) is 4.84 Å². The molecule has 2 aliphatic heterocycles. The lowest BCUT2D eigenvalue weighted by Gasteiger charge is -2.45. The normalized spacial score (nSPS) is 27.8. The number of likely N-dealkylation sites (tertiary alicyclic amines) is 1. The minimum Gasteiger partial charge on any atom is -0.338 e. The zero-order chi connectivity index (χ0) is 17.4. The summed E-state index contributed by atoms with van der Waals surface area (Å²) in [4.78, 5) is 20.9. The number of nitrogens with zero attached hydrogens (tertiary/aromatic N) is 1. The van der Waals surface area contributed by atoms with Gasteiger partial charge in [-0.05, 0) is 17.7 Å². The molecule has 0 aromatic heterocycles. The van der Waals surface area contributed by atoms with Crippen molar-refractivity contribution in [1.29, 1.82) is 0 Å². The number of nitrogens with one attached hydrogen (secondary N) is 1. The lowest BCUT2D eigenvalue weighted by Crippen LogP contribution is -2.57. The minimum absolute atomic E-state index is 0.0307. The Morgan fingerprint density at radius 3 is 2.40 bits per heavy atom. The molecule has 2 heterocycles. The highest BCUT2D eigenvalue weighted by Crippen LogP contribution is 2.44. The van der Waals surface area contributed by atoms with Crippen LogP contribution < -0.4 is 5.48 Å². The molecule has 3 atom stereocenters. The van der Waals surface area contributed by atoms with Crippen molar-refractivity contribution >= 4 is 5.91 Å². The van der Waals surface area contributed by atoms with Crippen molar-refractivity contribution in [2.45, 2.75) is 26.0 Å². The average molecular weight is 336 g/mol. The first-order valence-electron chi connectivity index (χ1n) is 8.87.